The summed E-state index contributed by atoms with van der Waals surface area (Å²) >= 11 is 0. The number of aromatic nitrogens is 4. The average molecular weight is 914 g/mol. The fourth-order valence-electron chi connectivity index (χ4n) is 8.80. The molecule has 9 rings (SSSR count). The van der Waals surface area contributed by atoms with E-state index in [0.717, 1.165) is 29.3 Å². The molecule has 17 nitrogen and oxygen atoms in total. The fraction of sp³-hybridized carbons (Fsp3) is 0.386. The minimum absolute atomic E-state index is 0.0453. The lowest BCUT2D eigenvalue weighted by molar-refractivity contribution is -0.142. The number of fused-ring (bicyclic) bond motifs is 1. The highest BCUT2D eigenvalue weighted by molar-refractivity contribution is 7.90. The van der Waals surface area contributed by atoms with Crippen molar-refractivity contribution in [1.82, 2.24) is 39.4 Å². The Morgan fingerprint density at radius 1 is 0.923 bits per heavy atom. The molecule has 1 atom stereocenters. The van der Waals surface area contributed by atoms with Gasteiger partial charge in [0.05, 0.1) is 11.3 Å². The second-order valence-electron chi connectivity index (χ2n) is 16.9. The second kappa shape index (κ2) is 17.5. The fourth-order valence-corrected chi connectivity index (χ4v) is 9.74. The first-order valence-corrected chi connectivity index (χ1v) is 22.8. The van der Waals surface area contributed by atoms with E-state index < -0.39 is 50.8 Å². The Labute approximate surface area is 372 Å². The number of nitrogens with one attached hydrogen (secondary N) is 4. The van der Waals surface area contributed by atoms with Gasteiger partial charge in [-0.15, -0.1) is 0 Å². The van der Waals surface area contributed by atoms with Gasteiger partial charge in [-0.3, -0.25) is 34.1 Å². The Morgan fingerprint density at radius 3 is 2.34 bits per heavy atom. The molecule has 2 aromatic carbocycles. The molecule has 3 aliphatic heterocycles. The number of benzene rings is 2. The number of piperidine rings is 1. The number of amides is 3. The van der Waals surface area contributed by atoms with Crippen LogP contribution in [-0.2, 0) is 24.6 Å². The smallest absolute Gasteiger partial charge is 0.301 e. The summed E-state index contributed by atoms with van der Waals surface area (Å²) in [7, 11) is -2.87. The molecule has 65 heavy (non-hydrogen) atoms. The van der Waals surface area contributed by atoms with Crippen LogP contribution in [0.2, 0.25) is 0 Å². The summed E-state index contributed by atoms with van der Waals surface area (Å²) in [6.45, 7) is 5.21. The Balaban J connectivity index is 0.761. The van der Waals surface area contributed by atoms with Crippen molar-refractivity contribution in [1.29, 1.82) is 0 Å². The van der Waals surface area contributed by atoms with E-state index in [0.29, 0.717) is 74.0 Å². The van der Waals surface area contributed by atoms with Crippen LogP contribution in [-0.4, -0.2) is 131 Å². The van der Waals surface area contributed by atoms with Crippen LogP contribution in [0.1, 0.15) is 60.0 Å². The highest BCUT2D eigenvalue weighted by Crippen LogP contribution is 2.40. The van der Waals surface area contributed by atoms with Crippen LogP contribution in [0.5, 0.6) is 0 Å². The van der Waals surface area contributed by atoms with Gasteiger partial charge < -0.3 is 20.1 Å². The molecule has 3 saturated heterocycles. The van der Waals surface area contributed by atoms with Gasteiger partial charge in [0.15, 0.2) is 5.82 Å². The number of aromatic amines is 1. The first-order valence-electron chi connectivity index (χ1n) is 21.4. The largest absolute Gasteiger partial charge is 0.374 e. The van der Waals surface area contributed by atoms with Crippen LogP contribution in [0.3, 0.4) is 0 Å². The van der Waals surface area contributed by atoms with E-state index in [2.05, 4.69) is 40.2 Å². The van der Waals surface area contributed by atoms with Crippen LogP contribution in [0.25, 0.3) is 22.2 Å². The van der Waals surface area contributed by atoms with Crippen LogP contribution in [0.15, 0.2) is 61.2 Å². The number of imide groups is 1. The van der Waals surface area contributed by atoms with Crippen molar-refractivity contribution < 1.29 is 40.8 Å². The summed E-state index contributed by atoms with van der Waals surface area (Å²) in [4.78, 5) is 73.2. The highest BCUT2D eigenvalue weighted by Gasteiger charge is 2.44. The van der Waals surface area contributed by atoms with Gasteiger partial charge in [0.1, 0.15) is 23.3 Å². The molecule has 5 aromatic rings. The van der Waals surface area contributed by atoms with Gasteiger partial charge in [-0.25, -0.2) is 28.1 Å². The van der Waals surface area contributed by atoms with Gasteiger partial charge in [0.25, 0.3) is 0 Å². The molecular formula is C44H46F3N11O6S. The standard InChI is InChI=1S/C44H46F3N11O6S/c1-3-55(2)65(63,64)54-35-7-6-33(45)38(39(35)47)40(60)32-21-49-41-31(32)16-25(18-48-41)26-19-50-44(51-20-26)57-12-10-56(11-13-57)43(62)24-14-29(15-24)58-22-27(23-58)30-5-4-28(17-34(30)46)52-36-8-9-37(59)53-42(36)61/h4-7,16-21,24,27,29,36,52,54H,3,8-15,22-23H2,1-2H3,(H,48,49)(H,53,59,61)/t24-,29+,36?. The van der Waals surface area contributed by atoms with Crippen molar-refractivity contribution in [2.45, 2.75) is 50.6 Å². The summed E-state index contributed by atoms with van der Waals surface area (Å²) < 4.78 is 73.9. The molecule has 3 amide bonds. The molecule has 6 heterocycles. The quantitative estimate of drug-likeness (QED) is 0.0977. The zero-order valence-corrected chi connectivity index (χ0v) is 36.3. The number of anilines is 3. The summed E-state index contributed by atoms with van der Waals surface area (Å²) in [6.07, 6.45) is 8.17. The minimum Gasteiger partial charge on any atom is -0.374 e. The third kappa shape index (κ3) is 8.62. The number of ketones is 1. The minimum atomic E-state index is -4.16. The first kappa shape index (κ1) is 43.8. The van der Waals surface area contributed by atoms with Crippen molar-refractivity contribution in [3.63, 3.8) is 0 Å². The molecule has 0 bridgehead atoms. The first-order chi connectivity index (χ1) is 31.2. The molecule has 340 valence electrons. The molecule has 0 radical (unpaired) electrons. The topological polar surface area (TPSA) is 206 Å². The molecule has 1 unspecified atom stereocenters. The van der Waals surface area contributed by atoms with Crippen LogP contribution in [0.4, 0.5) is 30.5 Å². The number of piperazine rings is 1. The molecule has 1 aliphatic carbocycles. The molecule has 0 spiro atoms. The van der Waals surface area contributed by atoms with Gasteiger partial charge in [-0.05, 0) is 55.2 Å². The molecule has 4 fully saturated rings. The van der Waals surface area contributed by atoms with Crippen molar-refractivity contribution in [2.24, 2.45) is 5.92 Å². The van der Waals surface area contributed by atoms with Crippen molar-refractivity contribution in [2.75, 3.05) is 67.8 Å². The molecule has 4 N–H and O–H groups in total. The van der Waals surface area contributed by atoms with Crippen LogP contribution in [0, 0.1) is 23.4 Å². The maximum Gasteiger partial charge on any atom is 0.301 e. The van der Waals surface area contributed by atoms with E-state index in [1.165, 1.54) is 19.3 Å². The third-order valence-electron chi connectivity index (χ3n) is 12.9. The predicted octanol–water partition coefficient (Wildman–Crippen LogP) is 4.02. The average Bonchev–Trinajstić information content (AvgIpc) is 3.69. The van der Waals surface area contributed by atoms with E-state index >= 15 is 13.2 Å². The number of rotatable bonds is 13. The highest BCUT2D eigenvalue weighted by atomic mass is 32.2. The van der Waals surface area contributed by atoms with E-state index in [4.69, 9.17) is 0 Å². The molecule has 21 heteroatoms. The summed E-state index contributed by atoms with van der Waals surface area (Å²) in [5, 5.41) is 5.60. The Bertz CT molecular complexity index is 2810. The van der Waals surface area contributed by atoms with Gasteiger partial charge in [-0.1, -0.05) is 13.0 Å². The molecule has 3 aromatic heterocycles. The monoisotopic (exact) mass is 913 g/mol. The molecule has 1 saturated carbocycles. The van der Waals surface area contributed by atoms with E-state index in [1.807, 2.05) is 9.80 Å². The Kier molecular flexibility index (Phi) is 11.8. The zero-order valence-electron chi connectivity index (χ0n) is 35.5. The number of likely N-dealkylation sites (tertiary alicyclic amines) is 1. The Hall–Kier alpha value is -6.45. The number of carbonyl (C=O) groups is 4. The summed E-state index contributed by atoms with van der Waals surface area (Å²) in [5.74, 6) is -3.98. The number of halogens is 3. The van der Waals surface area contributed by atoms with Gasteiger partial charge >= 0.3 is 10.2 Å². The SMILES string of the molecule is CCN(C)S(=O)(=O)Nc1ccc(F)c(C(=O)c2c[nH]c3ncc(-c4cnc(N5CCN(C(=O)[C@H]6C[C@@H](N7CC(c8ccc(NC9CCC(=O)NC9=O)cc8F)C7)C6)CC5)nc4)cc23)c1F. The number of H-pyrrole nitrogens is 1. The van der Waals surface area contributed by atoms with E-state index in [1.54, 1.807) is 43.7 Å². The lowest BCUT2D eigenvalue weighted by Gasteiger charge is -2.51. The number of pyridine rings is 1. The number of hydrogen-bond donors (Lipinski definition) is 4. The van der Waals surface area contributed by atoms with Crippen LogP contribution >= 0.6 is 0 Å². The summed E-state index contributed by atoms with van der Waals surface area (Å²) in [6, 6.07) is 7.98. The second-order valence-corrected chi connectivity index (χ2v) is 18.7. The number of hydrogen-bond acceptors (Lipinski definition) is 12. The van der Waals surface area contributed by atoms with Gasteiger partial charge in [0.2, 0.25) is 29.5 Å². The predicted molar refractivity (Wildman–Crippen MR) is 234 cm³/mol. The van der Waals surface area contributed by atoms with Crippen molar-refractivity contribution >= 4 is 62.1 Å². The maximum atomic E-state index is 15.6. The molecule has 4 aliphatic rings. The Morgan fingerprint density at radius 2 is 1.65 bits per heavy atom. The van der Waals surface area contributed by atoms with E-state index in [-0.39, 0.29) is 65.1 Å². The lowest BCUT2D eigenvalue weighted by atomic mass is 9.75. The lowest BCUT2D eigenvalue weighted by Crippen LogP contribution is -2.59. The normalized spacial score (nSPS) is 20.7. The van der Waals surface area contributed by atoms with Crippen molar-refractivity contribution in [3.8, 4) is 11.1 Å². The van der Waals surface area contributed by atoms with E-state index in [9.17, 15) is 27.6 Å². The van der Waals surface area contributed by atoms with Gasteiger partial charge in [-0.2, -0.15) is 12.7 Å². The number of carbonyl (C=O) groups excluding carboxylic acids is 4. The van der Waals surface area contributed by atoms with Crippen molar-refractivity contribution in [3.05, 3.63) is 95.3 Å². The maximum absolute atomic E-state index is 15.6. The van der Waals surface area contributed by atoms with Gasteiger partial charge in [0, 0.05) is 130 Å². The summed E-state index contributed by atoms with van der Waals surface area (Å²) in [5.41, 5.74) is 0.934. The molecular weight excluding hydrogens is 868 g/mol. The third-order valence-corrected chi connectivity index (χ3v) is 14.5. The number of nitrogens with zero attached hydrogens (tertiary/aromatic N) is 7. The van der Waals surface area contributed by atoms with Crippen LogP contribution < -0.4 is 20.3 Å². The zero-order chi connectivity index (χ0) is 45.7.